The summed E-state index contributed by atoms with van der Waals surface area (Å²) < 4.78 is 5.61. The molecule has 1 N–H and O–H groups in total. The molecule has 1 unspecified atom stereocenters. The summed E-state index contributed by atoms with van der Waals surface area (Å²) in [6.45, 7) is 7.26. The number of amidine groups is 1. The van der Waals surface area contributed by atoms with Gasteiger partial charge in [-0.25, -0.2) is 0 Å². The van der Waals surface area contributed by atoms with E-state index in [1.165, 1.54) is 25.0 Å². The maximum atomic E-state index is 5.61. The van der Waals surface area contributed by atoms with E-state index >= 15 is 0 Å². The predicted molar refractivity (Wildman–Crippen MR) is 79.4 cm³/mol. The molecule has 2 fully saturated rings. The summed E-state index contributed by atoms with van der Waals surface area (Å²) >= 11 is 1.86. The lowest BCUT2D eigenvalue weighted by molar-refractivity contribution is 0.123. The lowest BCUT2D eigenvalue weighted by Crippen LogP contribution is -2.48. The highest BCUT2D eigenvalue weighted by atomic mass is 32.2. The molecular weight excluding hydrogens is 244 g/mol. The van der Waals surface area contributed by atoms with Gasteiger partial charge in [0.05, 0.1) is 0 Å². The molecule has 4 heteroatoms. The van der Waals surface area contributed by atoms with Crippen molar-refractivity contribution in [3.05, 3.63) is 0 Å². The second kappa shape index (κ2) is 6.80. The minimum atomic E-state index is 0.257. The van der Waals surface area contributed by atoms with E-state index in [4.69, 9.17) is 4.74 Å². The second-order valence-corrected chi connectivity index (χ2v) is 6.78. The SMILES string of the molecule is CCC1(C)CCSC(=NCCCOCC2CC2)N1. The fourth-order valence-electron chi connectivity index (χ4n) is 1.96. The van der Waals surface area contributed by atoms with E-state index in [1.54, 1.807) is 0 Å². The number of hydrogen-bond donors (Lipinski definition) is 1. The van der Waals surface area contributed by atoms with Crippen LogP contribution in [0.3, 0.4) is 0 Å². The lowest BCUT2D eigenvalue weighted by Gasteiger charge is -2.35. The van der Waals surface area contributed by atoms with Crippen LogP contribution < -0.4 is 5.32 Å². The van der Waals surface area contributed by atoms with Crippen molar-refractivity contribution in [3.8, 4) is 0 Å². The van der Waals surface area contributed by atoms with Crippen molar-refractivity contribution in [2.45, 2.75) is 51.5 Å². The molecule has 0 bridgehead atoms. The largest absolute Gasteiger partial charge is 0.381 e. The maximum Gasteiger partial charge on any atom is 0.156 e. The van der Waals surface area contributed by atoms with E-state index in [0.717, 1.165) is 43.7 Å². The summed E-state index contributed by atoms with van der Waals surface area (Å²) in [6, 6.07) is 0. The first-order valence-electron chi connectivity index (χ1n) is 7.25. The Kier molecular flexibility index (Phi) is 5.37. The van der Waals surface area contributed by atoms with Crippen LogP contribution in [0.15, 0.2) is 4.99 Å². The van der Waals surface area contributed by atoms with Crippen molar-refractivity contribution in [2.24, 2.45) is 10.9 Å². The van der Waals surface area contributed by atoms with Gasteiger partial charge >= 0.3 is 0 Å². The van der Waals surface area contributed by atoms with Crippen LogP contribution in [-0.4, -0.2) is 36.2 Å². The zero-order chi connectivity index (χ0) is 12.8. The summed E-state index contributed by atoms with van der Waals surface area (Å²) in [7, 11) is 0. The number of nitrogens with one attached hydrogen (secondary N) is 1. The van der Waals surface area contributed by atoms with Gasteiger partial charge in [0.25, 0.3) is 0 Å². The van der Waals surface area contributed by atoms with Gasteiger partial charge in [0.15, 0.2) is 5.17 Å². The smallest absolute Gasteiger partial charge is 0.156 e. The van der Waals surface area contributed by atoms with Crippen molar-refractivity contribution in [1.82, 2.24) is 5.32 Å². The molecule has 2 rings (SSSR count). The van der Waals surface area contributed by atoms with Crippen molar-refractivity contribution in [3.63, 3.8) is 0 Å². The Hall–Kier alpha value is -0.220. The molecule has 18 heavy (non-hydrogen) atoms. The Labute approximate surface area is 115 Å². The van der Waals surface area contributed by atoms with Gasteiger partial charge in [0.2, 0.25) is 0 Å². The van der Waals surface area contributed by atoms with Crippen LogP contribution in [0.5, 0.6) is 0 Å². The maximum absolute atomic E-state index is 5.61. The third kappa shape index (κ3) is 4.81. The monoisotopic (exact) mass is 270 g/mol. The predicted octanol–water partition coefficient (Wildman–Crippen LogP) is 3.05. The average molecular weight is 270 g/mol. The van der Waals surface area contributed by atoms with Gasteiger partial charge < -0.3 is 10.1 Å². The second-order valence-electron chi connectivity index (χ2n) is 5.70. The summed E-state index contributed by atoms with van der Waals surface area (Å²) in [5.74, 6) is 2.06. The van der Waals surface area contributed by atoms with Crippen molar-refractivity contribution < 1.29 is 4.74 Å². The molecule has 2 aliphatic rings. The van der Waals surface area contributed by atoms with Crippen molar-refractivity contribution >= 4 is 16.9 Å². The molecule has 1 aliphatic carbocycles. The van der Waals surface area contributed by atoms with Gasteiger partial charge in [-0.2, -0.15) is 0 Å². The Morgan fingerprint density at radius 3 is 3.06 bits per heavy atom. The molecule has 3 nitrogen and oxygen atoms in total. The van der Waals surface area contributed by atoms with Crippen molar-refractivity contribution in [1.29, 1.82) is 0 Å². The van der Waals surface area contributed by atoms with Crippen molar-refractivity contribution in [2.75, 3.05) is 25.5 Å². The number of nitrogens with zero attached hydrogens (tertiary/aromatic N) is 1. The van der Waals surface area contributed by atoms with Gasteiger partial charge in [-0.15, -0.1) is 0 Å². The molecule has 0 aromatic carbocycles. The molecule has 1 atom stereocenters. The first-order chi connectivity index (χ1) is 8.72. The molecule has 0 amide bonds. The normalized spacial score (nSPS) is 30.4. The molecule has 0 aromatic rings. The standard InChI is InChI=1S/C14H26N2OS/c1-3-14(2)7-10-18-13(16-14)15-8-4-9-17-11-12-5-6-12/h12H,3-11H2,1-2H3,(H,15,16). The summed E-state index contributed by atoms with van der Waals surface area (Å²) in [4.78, 5) is 4.65. The lowest BCUT2D eigenvalue weighted by atomic mass is 9.96. The molecule has 0 radical (unpaired) electrons. The molecule has 0 aromatic heterocycles. The molecule has 1 saturated carbocycles. The Morgan fingerprint density at radius 1 is 1.50 bits per heavy atom. The highest BCUT2D eigenvalue weighted by molar-refractivity contribution is 8.13. The summed E-state index contributed by atoms with van der Waals surface area (Å²) in [5, 5.41) is 4.70. The minimum Gasteiger partial charge on any atom is -0.381 e. The third-order valence-electron chi connectivity index (χ3n) is 3.83. The van der Waals surface area contributed by atoms with E-state index in [9.17, 15) is 0 Å². The molecule has 104 valence electrons. The zero-order valence-electron chi connectivity index (χ0n) is 11.7. The van der Waals surface area contributed by atoms with Crippen LogP contribution in [0.1, 0.15) is 46.0 Å². The Morgan fingerprint density at radius 2 is 2.33 bits per heavy atom. The van der Waals surface area contributed by atoms with Crippen LogP contribution in [0.2, 0.25) is 0 Å². The van der Waals surface area contributed by atoms with Crippen LogP contribution in [-0.2, 0) is 4.74 Å². The number of thioether (sulfide) groups is 1. The number of rotatable bonds is 7. The van der Waals surface area contributed by atoms with Gasteiger partial charge in [0, 0.05) is 31.1 Å². The fourth-order valence-corrected chi connectivity index (χ4v) is 3.21. The summed E-state index contributed by atoms with van der Waals surface area (Å²) in [5.41, 5.74) is 0.257. The summed E-state index contributed by atoms with van der Waals surface area (Å²) in [6.07, 6.45) is 6.19. The fraction of sp³-hybridized carbons (Fsp3) is 0.929. The Balaban J connectivity index is 1.59. The quantitative estimate of drug-likeness (QED) is 0.722. The van der Waals surface area contributed by atoms with Crippen LogP contribution in [0.4, 0.5) is 0 Å². The van der Waals surface area contributed by atoms with Gasteiger partial charge in [-0.05, 0) is 44.9 Å². The molecule has 1 saturated heterocycles. The molecule has 0 spiro atoms. The zero-order valence-corrected chi connectivity index (χ0v) is 12.5. The molecule has 1 aliphatic heterocycles. The van der Waals surface area contributed by atoms with Crippen LogP contribution >= 0.6 is 11.8 Å². The Bertz CT molecular complexity index is 292. The average Bonchev–Trinajstić information content (AvgIpc) is 3.18. The number of ether oxygens (including phenoxy) is 1. The highest BCUT2D eigenvalue weighted by Crippen LogP contribution is 2.28. The van der Waals surface area contributed by atoms with Crippen LogP contribution in [0.25, 0.3) is 0 Å². The highest BCUT2D eigenvalue weighted by Gasteiger charge is 2.27. The van der Waals surface area contributed by atoms with E-state index in [2.05, 4.69) is 24.2 Å². The first kappa shape index (κ1) is 14.2. The number of hydrogen-bond acceptors (Lipinski definition) is 3. The van der Waals surface area contributed by atoms with Gasteiger partial charge in [0.1, 0.15) is 0 Å². The van der Waals surface area contributed by atoms with E-state index in [-0.39, 0.29) is 5.54 Å². The number of aliphatic imine (C=N–C) groups is 1. The van der Waals surface area contributed by atoms with E-state index in [0.29, 0.717) is 0 Å². The molecule has 1 heterocycles. The molecular formula is C14H26N2OS. The topological polar surface area (TPSA) is 33.6 Å². The van der Waals surface area contributed by atoms with E-state index in [1.807, 2.05) is 11.8 Å². The first-order valence-corrected chi connectivity index (χ1v) is 8.23. The minimum absolute atomic E-state index is 0.257. The van der Waals surface area contributed by atoms with Gasteiger partial charge in [-0.1, -0.05) is 18.7 Å². The van der Waals surface area contributed by atoms with Gasteiger partial charge in [-0.3, -0.25) is 4.99 Å². The third-order valence-corrected chi connectivity index (χ3v) is 4.75. The van der Waals surface area contributed by atoms with Crippen LogP contribution in [0, 0.1) is 5.92 Å². The van der Waals surface area contributed by atoms with E-state index < -0.39 is 0 Å².